The predicted octanol–water partition coefficient (Wildman–Crippen LogP) is 3.87. The van der Waals surface area contributed by atoms with Gasteiger partial charge in [-0.05, 0) is 42.5 Å². The van der Waals surface area contributed by atoms with Gasteiger partial charge in [-0.25, -0.2) is 4.98 Å². The number of ether oxygens (including phenoxy) is 1. The number of anilines is 6. The fraction of sp³-hybridized carbons (Fsp3) is 0.273. The summed E-state index contributed by atoms with van der Waals surface area (Å²) in [7, 11) is 4.05. The number of benzene rings is 2. The molecule has 1 aliphatic heterocycles. The first-order valence-electron chi connectivity index (χ1n) is 9.75. The van der Waals surface area contributed by atoms with E-state index in [1.165, 1.54) is 0 Å². The van der Waals surface area contributed by atoms with Crippen molar-refractivity contribution in [1.29, 1.82) is 0 Å². The average molecular weight is 390 g/mol. The van der Waals surface area contributed by atoms with Crippen LogP contribution in [0.2, 0.25) is 0 Å². The Labute approximate surface area is 171 Å². The Hall–Kier alpha value is -3.32. The largest absolute Gasteiger partial charge is 0.378 e. The van der Waals surface area contributed by atoms with Crippen molar-refractivity contribution in [3.05, 3.63) is 60.8 Å². The molecule has 2 N–H and O–H groups in total. The van der Waals surface area contributed by atoms with Gasteiger partial charge >= 0.3 is 0 Å². The van der Waals surface area contributed by atoms with Gasteiger partial charge in [-0.2, -0.15) is 4.98 Å². The molecule has 29 heavy (non-hydrogen) atoms. The van der Waals surface area contributed by atoms with E-state index in [2.05, 4.69) is 60.7 Å². The highest BCUT2D eigenvalue weighted by Gasteiger charge is 2.14. The van der Waals surface area contributed by atoms with Crippen molar-refractivity contribution in [1.82, 2.24) is 9.97 Å². The van der Waals surface area contributed by atoms with Gasteiger partial charge < -0.3 is 25.2 Å². The van der Waals surface area contributed by atoms with Gasteiger partial charge in [0.2, 0.25) is 5.95 Å². The van der Waals surface area contributed by atoms with Gasteiger partial charge in [0, 0.05) is 44.8 Å². The maximum atomic E-state index is 5.48. The molecule has 1 fully saturated rings. The maximum Gasteiger partial charge on any atom is 0.229 e. The molecule has 0 aliphatic carbocycles. The van der Waals surface area contributed by atoms with E-state index in [4.69, 9.17) is 4.74 Å². The van der Waals surface area contributed by atoms with Crippen LogP contribution in [0.25, 0.3) is 0 Å². The van der Waals surface area contributed by atoms with Gasteiger partial charge in [0.1, 0.15) is 5.82 Å². The lowest BCUT2D eigenvalue weighted by atomic mass is 10.2. The fourth-order valence-electron chi connectivity index (χ4n) is 3.26. The number of nitrogens with one attached hydrogen (secondary N) is 2. The number of aromatic nitrogens is 2. The van der Waals surface area contributed by atoms with Crippen LogP contribution in [0, 0.1) is 0 Å². The Kier molecular flexibility index (Phi) is 5.76. The van der Waals surface area contributed by atoms with Crippen LogP contribution in [0.3, 0.4) is 0 Å². The zero-order valence-electron chi connectivity index (χ0n) is 16.8. The first-order chi connectivity index (χ1) is 14.2. The van der Waals surface area contributed by atoms with Crippen molar-refractivity contribution in [2.75, 3.05) is 60.8 Å². The van der Waals surface area contributed by atoms with Crippen LogP contribution in [0.4, 0.5) is 34.5 Å². The first-order valence-corrected chi connectivity index (χ1v) is 9.75. The number of para-hydroxylation sites is 2. The molecule has 7 heteroatoms. The van der Waals surface area contributed by atoms with Crippen molar-refractivity contribution in [3.63, 3.8) is 0 Å². The van der Waals surface area contributed by atoms with E-state index >= 15 is 0 Å². The van der Waals surface area contributed by atoms with Gasteiger partial charge in [0.25, 0.3) is 0 Å². The van der Waals surface area contributed by atoms with E-state index in [0.29, 0.717) is 5.95 Å². The molecule has 0 atom stereocenters. The van der Waals surface area contributed by atoms with Crippen LogP contribution in [0.1, 0.15) is 0 Å². The summed E-state index contributed by atoms with van der Waals surface area (Å²) in [6, 6.07) is 18.3. The van der Waals surface area contributed by atoms with Crippen molar-refractivity contribution in [3.8, 4) is 0 Å². The number of hydrogen-bond acceptors (Lipinski definition) is 7. The van der Waals surface area contributed by atoms with Crippen LogP contribution >= 0.6 is 0 Å². The van der Waals surface area contributed by atoms with Crippen LogP contribution in [0.15, 0.2) is 60.8 Å². The maximum absolute atomic E-state index is 5.48. The summed E-state index contributed by atoms with van der Waals surface area (Å²) < 4.78 is 5.48. The molecule has 2 heterocycles. The summed E-state index contributed by atoms with van der Waals surface area (Å²) >= 11 is 0. The highest BCUT2D eigenvalue weighted by Crippen LogP contribution is 2.29. The molecule has 1 aromatic heterocycles. The summed E-state index contributed by atoms with van der Waals surface area (Å²) in [5.41, 5.74) is 4.27. The molecule has 4 rings (SSSR count). The minimum Gasteiger partial charge on any atom is -0.378 e. The van der Waals surface area contributed by atoms with Gasteiger partial charge in [-0.1, -0.05) is 12.1 Å². The Morgan fingerprint density at radius 1 is 0.931 bits per heavy atom. The third-order valence-corrected chi connectivity index (χ3v) is 4.81. The van der Waals surface area contributed by atoms with Crippen molar-refractivity contribution >= 4 is 34.5 Å². The number of hydrogen-bond donors (Lipinski definition) is 2. The van der Waals surface area contributed by atoms with E-state index in [0.717, 1.165) is 54.9 Å². The van der Waals surface area contributed by atoms with Crippen molar-refractivity contribution in [2.24, 2.45) is 0 Å². The Balaban J connectivity index is 1.49. The second kappa shape index (κ2) is 8.79. The standard InChI is InChI=1S/C22H26N6O/c1-27(2)18-9-7-17(8-10-18)24-22-23-12-11-21(26-22)25-19-5-3-4-6-20(19)28-13-15-29-16-14-28/h3-12H,13-16H2,1-2H3,(H2,23,24,25,26). The number of rotatable bonds is 6. The van der Waals surface area contributed by atoms with Crippen molar-refractivity contribution in [2.45, 2.75) is 0 Å². The quantitative estimate of drug-likeness (QED) is 0.662. The molecule has 1 saturated heterocycles. The van der Waals surface area contributed by atoms with Gasteiger partial charge in [0.05, 0.1) is 24.6 Å². The average Bonchev–Trinajstić information content (AvgIpc) is 2.75. The Morgan fingerprint density at radius 3 is 2.45 bits per heavy atom. The normalized spacial score (nSPS) is 13.8. The van der Waals surface area contributed by atoms with E-state index in [-0.39, 0.29) is 0 Å². The topological polar surface area (TPSA) is 65.5 Å². The fourth-order valence-corrected chi connectivity index (χ4v) is 3.26. The van der Waals surface area contributed by atoms with Gasteiger partial charge in [-0.15, -0.1) is 0 Å². The summed E-state index contributed by atoms with van der Waals surface area (Å²) in [5, 5.41) is 6.71. The summed E-state index contributed by atoms with van der Waals surface area (Å²) in [5.74, 6) is 1.30. The lowest BCUT2D eigenvalue weighted by molar-refractivity contribution is 0.123. The SMILES string of the molecule is CN(C)c1ccc(Nc2nccc(Nc3ccccc3N3CCOCC3)n2)cc1. The zero-order valence-corrected chi connectivity index (χ0v) is 16.8. The van der Waals surface area contributed by atoms with Crippen molar-refractivity contribution < 1.29 is 4.74 Å². The van der Waals surface area contributed by atoms with E-state index < -0.39 is 0 Å². The summed E-state index contributed by atoms with van der Waals surface area (Å²) in [4.78, 5) is 13.4. The molecule has 0 spiro atoms. The molecule has 0 amide bonds. The second-order valence-corrected chi connectivity index (χ2v) is 7.07. The van der Waals surface area contributed by atoms with Crippen LogP contribution in [0.5, 0.6) is 0 Å². The van der Waals surface area contributed by atoms with E-state index in [1.54, 1.807) is 6.20 Å². The predicted molar refractivity (Wildman–Crippen MR) is 119 cm³/mol. The monoisotopic (exact) mass is 390 g/mol. The Morgan fingerprint density at radius 2 is 1.69 bits per heavy atom. The van der Waals surface area contributed by atoms with E-state index in [1.807, 2.05) is 38.4 Å². The second-order valence-electron chi connectivity index (χ2n) is 7.07. The molecule has 0 saturated carbocycles. The smallest absolute Gasteiger partial charge is 0.229 e. The molecule has 1 aliphatic rings. The third-order valence-electron chi connectivity index (χ3n) is 4.81. The minimum atomic E-state index is 0.552. The molecule has 2 aromatic carbocycles. The summed E-state index contributed by atoms with van der Waals surface area (Å²) in [6.07, 6.45) is 1.75. The number of nitrogens with zero attached hydrogens (tertiary/aromatic N) is 4. The molecule has 0 radical (unpaired) electrons. The first kappa shape index (κ1) is 19.0. The van der Waals surface area contributed by atoms with Gasteiger partial charge in [-0.3, -0.25) is 0 Å². The lowest BCUT2D eigenvalue weighted by Gasteiger charge is -2.30. The molecule has 0 unspecified atom stereocenters. The van der Waals surface area contributed by atoms with Crippen LogP contribution in [-0.4, -0.2) is 50.4 Å². The zero-order chi connectivity index (χ0) is 20.1. The minimum absolute atomic E-state index is 0.552. The molecule has 150 valence electrons. The molecule has 7 nitrogen and oxygen atoms in total. The third kappa shape index (κ3) is 4.75. The molecule has 3 aromatic rings. The molecular formula is C22H26N6O. The molecular weight excluding hydrogens is 364 g/mol. The van der Waals surface area contributed by atoms with E-state index in [9.17, 15) is 0 Å². The highest BCUT2D eigenvalue weighted by molar-refractivity contribution is 5.74. The highest BCUT2D eigenvalue weighted by atomic mass is 16.5. The van der Waals surface area contributed by atoms with Crippen LogP contribution < -0.4 is 20.4 Å². The molecule has 0 bridgehead atoms. The Bertz CT molecular complexity index is 938. The van der Waals surface area contributed by atoms with Crippen LogP contribution in [-0.2, 0) is 4.74 Å². The summed E-state index contributed by atoms with van der Waals surface area (Å²) in [6.45, 7) is 3.28. The number of morpholine rings is 1. The lowest BCUT2D eigenvalue weighted by Crippen LogP contribution is -2.36. The van der Waals surface area contributed by atoms with Gasteiger partial charge in [0.15, 0.2) is 0 Å².